The lowest BCUT2D eigenvalue weighted by Gasteiger charge is -2.13. The second-order valence-electron chi connectivity index (χ2n) is 4.74. The van der Waals surface area contributed by atoms with Crippen LogP contribution in [-0.2, 0) is 0 Å². The van der Waals surface area contributed by atoms with Gasteiger partial charge in [-0.2, -0.15) is 5.10 Å². The van der Waals surface area contributed by atoms with E-state index in [1.54, 1.807) is 13.3 Å². The molecule has 112 valence electrons. The van der Waals surface area contributed by atoms with Crippen LogP contribution < -0.4 is 14.9 Å². The van der Waals surface area contributed by atoms with Gasteiger partial charge in [0.15, 0.2) is 11.5 Å². The van der Waals surface area contributed by atoms with Gasteiger partial charge < -0.3 is 9.47 Å². The highest BCUT2D eigenvalue weighted by Gasteiger charge is 2.06. The van der Waals surface area contributed by atoms with E-state index in [-0.39, 0.29) is 6.10 Å². The van der Waals surface area contributed by atoms with Gasteiger partial charge in [-0.15, -0.1) is 11.3 Å². The quantitative estimate of drug-likeness (QED) is 0.653. The minimum Gasteiger partial charge on any atom is -0.493 e. The van der Waals surface area contributed by atoms with Crippen LogP contribution >= 0.6 is 11.3 Å². The maximum Gasteiger partial charge on any atom is 0.203 e. The fourth-order valence-corrected chi connectivity index (χ4v) is 2.32. The molecule has 0 saturated heterocycles. The van der Waals surface area contributed by atoms with Crippen molar-refractivity contribution in [3.05, 3.63) is 34.8 Å². The maximum atomic E-state index is 5.73. The van der Waals surface area contributed by atoms with E-state index in [1.807, 2.05) is 44.4 Å². The van der Waals surface area contributed by atoms with Crippen molar-refractivity contribution in [1.29, 1.82) is 0 Å². The summed E-state index contributed by atoms with van der Waals surface area (Å²) in [5.41, 5.74) is 4.81. The summed E-state index contributed by atoms with van der Waals surface area (Å²) in [5.74, 6) is 1.42. The summed E-state index contributed by atoms with van der Waals surface area (Å²) in [5, 5.41) is 6.92. The molecule has 0 spiro atoms. The van der Waals surface area contributed by atoms with Crippen molar-refractivity contribution >= 4 is 22.7 Å². The predicted octanol–water partition coefficient (Wildman–Crippen LogP) is 3.69. The first-order chi connectivity index (χ1) is 10.1. The lowest BCUT2D eigenvalue weighted by Crippen LogP contribution is -2.07. The van der Waals surface area contributed by atoms with Gasteiger partial charge in [0, 0.05) is 5.38 Å². The van der Waals surface area contributed by atoms with Crippen LogP contribution in [0.25, 0.3) is 0 Å². The van der Waals surface area contributed by atoms with Crippen LogP contribution in [0.4, 0.5) is 5.13 Å². The van der Waals surface area contributed by atoms with Crippen molar-refractivity contribution in [3.8, 4) is 11.5 Å². The Hall–Kier alpha value is -2.08. The summed E-state index contributed by atoms with van der Waals surface area (Å²) in [6.07, 6.45) is 1.81. The number of hydrogen-bond donors (Lipinski definition) is 1. The zero-order valence-electron chi connectivity index (χ0n) is 12.6. The molecule has 0 aliphatic carbocycles. The molecular formula is C15H19N3O2S. The van der Waals surface area contributed by atoms with Gasteiger partial charge >= 0.3 is 0 Å². The van der Waals surface area contributed by atoms with Crippen molar-refractivity contribution in [2.75, 3.05) is 12.5 Å². The van der Waals surface area contributed by atoms with Crippen LogP contribution in [-0.4, -0.2) is 24.4 Å². The fraction of sp³-hybridized carbons (Fsp3) is 0.333. The Bertz CT molecular complexity index is 623. The van der Waals surface area contributed by atoms with Gasteiger partial charge in [0.2, 0.25) is 5.13 Å². The average Bonchev–Trinajstić information content (AvgIpc) is 2.84. The van der Waals surface area contributed by atoms with Crippen LogP contribution in [0.15, 0.2) is 28.7 Å². The standard InChI is InChI=1S/C15H19N3O2S/c1-10(2)20-14-7-12(5-6-13(14)19-4)8-16-18-15-17-11(3)9-21-15/h5-10H,1-4H3,(H,17,18). The zero-order chi connectivity index (χ0) is 15.2. The van der Waals surface area contributed by atoms with Gasteiger partial charge in [0.1, 0.15) is 0 Å². The topological polar surface area (TPSA) is 55.7 Å². The molecule has 0 fully saturated rings. The first-order valence-corrected chi connectivity index (χ1v) is 7.52. The summed E-state index contributed by atoms with van der Waals surface area (Å²) < 4.78 is 11.0. The second-order valence-corrected chi connectivity index (χ2v) is 5.60. The highest BCUT2D eigenvalue weighted by molar-refractivity contribution is 7.13. The number of hydrogen-bond acceptors (Lipinski definition) is 6. The number of aromatic nitrogens is 1. The van der Waals surface area contributed by atoms with Crippen LogP contribution in [0.1, 0.15) is 25.1 Å². The number of hydrazone groups is 1. The Labute approximate surface area is 128 Å². The van der Waals surface area contributed by atoms with E-state index in [9.17, 15) is 0 Å². The third-order valence-corrected chi connectivity index (χ3v) is 3.41. The molecule has 0 unspecified atom stereocenters. The zero-order valence-corrected chi connectivity index (χ0v) is 13.4. The van der Waals surface area contributed by atoms with Crippen molar-refractivity contribution in [2.45, 2.75) is 26.9 Å². The predicted molar refractivity (Wildman–Crippen MR) is 86.8 cm³/mol. The summed E-state index contributed by atoms with van der Waals surface area (Å²) >= 11 is 1.52. The van der Waals surface area contributed by atoms with E-state index in [2.05, 4.69) is 15.5 Å². The summed E-state index contributed by atoms with van der Waals surface area (Å²) in [6, 6.07) is 5.69. The molecule has 2 aromatic rings. The van der Waals surface area contributed by atoms with E-state index in [0.29, 0.717) is 11.5 Å². The molecule has 2 rings (SSSR count). The lowest BCUT2D eigenvalue weighted by molar-refractivity contribution is 0.230. The minimum absolute atomic E-state index is 0.0857. The van der Waals surface area contributed by atoms with Crippen molar-refractivity contribution in [1.82, 2.24) is 4.98 Å². The normalized spacial score (nSPS) is 11.1. The number of nitrogens with zero attached hydrogens (tertiary/aromatic N) is 2. The first-order valence-electron chi connectivity index (χ1n) is 6.64. The Morgan fingerprint density at radius 3 is 2.76 bits per heavy atom. The van der Waals surface area contributed by atoms with E-state index >= 15 is 0 Å². The Morgan fingerprint density at radius 1 is 1.33 bits per heavy atom. The van der Waals surface area contributed by atoms with Crippen LogP contribution in [0.2, 0.25) is 0 Å². The average molecular weight is 305 g/mol. The molecule has 0 saturated carbocycles. The molecule has 6 heteroatoms. The van der Waals surface area contributed by atoms with E-state index < -0.39 is 0 Å². The number of nitrogens with one attached hydrogen (secondary N) is 1. The molecule has 0 radical (unpaired) electrons. The molecule has 0 aliphatic heterocycles. The van der Waals surface area contributed by atoms with E-state index in [1.165, 1.54) is 11.3 Å². The van der Waals surface area contributed by atoms with Crippen LogP contribution in [0, 0.1) is 6.92 Å². The van der Waals surface area contributed by atoms with Crippen molar-refractivity contribution in [3.63, 3.8) is 0 Å². The molecule has 1 aromatic carbocycles. The van der Waals surface area contributed by atoms with Crippen LogP contribution in [0.3, 0.4) is 0 Å². The molecule has 1 heterocycles. The van der Waals surface area contributed by atoms with E-state index in [4.69, 9.17) is 9.47 Å². The molecular weight excluding hydrogens is 286 g/mol. The molecule has 1 N–H and O–H groups in total. The number of methoxy groups -OCH3 is 1. The molecule has 0 amide bonds. The number of rotatable bonds is 6. The molecule has 0 bridgehead atoms. The monoisotopic (exact) mass is 305 g/mol. The van der Waals surface area contributed by atoms with Gasteiger partial charge in [-0.05, 0) is 44.5 Å². The fourth-order valence-electron chi connectivity index (χ4n) is 1.69. The third kappa shape index (κ3) is 4.46. The molecule has 5 nitrogen and oxygen atoms in total. The molecule has 0 atom stereocenters. The summed E-state index contributed by atoms with van der Waals surface area (Å²) in [6.45, 7) is 5.91. The lowest BCUT2D eigenvalue weighted by atomic mass is 10.2. The largest absolute Gasteiger partial charge is 0.493 e. The van der Waals surface area contributed by atoms with E-state index in [0.717, 1.165) is 16.4 Å². The highest BCUT2D eigenvalue weighted by Crippen LogP contribution is 2.28. The van der Waals surface area contributed by atoms with Gasteiger partial charge in [0.05, 0.1) is 25.1 Å². The van der Waals surface area contributed by atoms with Gasteiger partial charge in [-0.1, -0.05) is 0 Å². The Morgan fingerprint density at radius 2 is 2.14 bits per heavy atom. The Kier molecular flexibility index (Phi) is 5.16. The SMILES string of the molecule is COc1ccc(C=NNc2nc(C)cs2)cc1OC(C)C. The number of benzene rings is 1. The van der Waals surface area contributed by atoms with Gasteiger partial charge in [0.25, 0.3) is 0 Å². The maximum absolute atomic E-state index is 5.73. The van der Waals surface area contributed by atoms with Crippen molar-refractivity contribution in [2.24, 2.45) is 5.10 Å². The molecule has 1 aromatic heterocycles. The first kappa shape index (κ1) is 15.3. The molecule has 0 aliphatic rings. The third-order valence-electron chi connectivity index (χ3n) is 2.54. The Balaban J connectivity index is 2.08. The minimum atomic E-state index is 0.0857. The number of thiazole rings is 1. The smallest absolute Gasteiger partial charge is 0.203 e. The van der Waals surface area contributed by atoms with Crippen molar-refractivity contribution < 1.29 is 9.47 Å². The molecule has 21 heavy (non-hydrogen) atoms. The summed E-state index contributed by atoms with van der Waals surface area (Å²) in [4.78, 5) is 4.28. The number of aryl methyl sites for hydroxylation is 1. The summed E-state index contributed by atoms with van der Waals surface area (Å²) in [7, 11) is 1.63. The number of ether oxygens (including phenoxy) is 2. The second kappa shape index (κ2) is 7.08. The highest BCUT2D eigenvalue weighted by atomic mass is 32.1. The van der Waals surface area contributed by atoms with Crippen LogP contribution in [0.5, 0.6) is 11.5 Å². The van der Waals surface area contributed by atoms with Gasteiger partial charge in [-0.25, -0.2) is 4.98 Å². The van der Waals surface area contributed by atoms with Gasteiger partial charge in [-0.3, -0.25) is 5.43 Å². The number of anilines is 1.